The molecule has 0 bridgehead atoms. The van der Waals surface area contributed by atoms with E-state index in [-0.39, 0.29) is 24.1 Å². The average Bonchev–Trinajstić information content (AvgIpc) is 2.70. The molecule has 0 unspecified atom stereocenters. The smallest absolute Gasteiger partial charge is 0.262 e. The highest BCUT2D eigenvalue weighted by atomic mass is 16.5. The molecule has 1 amide bonds. The molecule has 0 aromatic heterocycles. The van der Waals surface area contributed by atoms with Crippen molar-refractivity contribution >= 4 is 23.2 Å². The molecule has 4 rings (SSSR count). The number of carbonyl (C=O) groups is 3. The summed E-state index contributed by atoms with van der Waals surface area (Å²) in [4.78, 5) is 37.6. The number of hydrogen-bond donors (Lipinski definition) is 1. The Hall–Kier alpha value is -3.73. The average molecular weight is 371 g/mol. The van der Waals surface area contributed by atoms with Gasteiger partial charge in [0.15, 0.2) is 18.2 Å². The van der Waals surface area contributed by atoms with Crippen molar-refractivity contribution in [1.82, 2.24) is 0 Å². The summed E-state index contributed by atoms with van der Waals surface area (Å²) in [6.07, 6.45) is 0. The predicted octanol–water partition coefficient (Wildman–Crippen LogP) is 3.79. The van der Waals surface area contributed by atoms with Crippen LogP contribution in [0.15, 0.2) is 66.7 Å². The molecular formula is C23H17NO4. The zero-order chi connectivity index (χ0) is 19.7. The zero-order valence-corrected chi connectivity index (χ0v) is 15.2. The molecular weight excluding hydrogens is 354 g/mol. The number of aryl methyl sites for hydroxylation is 1. The molecule has 0 heterocycles. The number of ketones is 2. The molecule has 1 N–H and O–H groups in total. The lowest BCUT2D eigenvalue weighted by molar-refractivity contribution is -0.118. The maximum absolute atomic E-state index is 12.7. The van der Waals surface area contributed by atoms with E-state index in [1.165, 1.54) is 6.07 Å². The van der Waals surface area contributed by atoms with Gasteiger partial charge in [0.25, 0.3) is 5.91 Å². The first-order valence-corrected chi connectivity index (χ1v) is 8.85. The van der Waals surface area contributed by atoms with Gasteiger partial charge in [-0.05, 0) is 42.8 Å². The second-order valence-corrected chi connectivity index (χ2v) is 6.62. The Morgan fingerprint density at radius 3 is 2.21 bits per heavy atom. The number of ether oxygens (including phenoxy) is 1. The lowest BCUT2D eigenvalue weighted by Crippen LogP contribution is -2.23. The van der Waals surface area contributed by atoms with Crippen molar-refractivity contribution in [3.05, 3.63) is 94.5 Å². The second-order valence-electron chi connectivity index (χ2n) is 6.62. The molecule has 1 aliphatic rings. The SMILES string of the molecule is Cc1cccc(OCC(=O)Nc2ccc3c(c2)C(=O)c2ccccc2C3=O)c1. The van der Waals surface area contributed by atoms with Gasteiger partial charge in [0.2, 0.25) is 0 Å². The third-order valence-electron chi connectivity index (χ3n) is 4.57. The normalized spacial score (nSPS) is 12.2. The van der Waals surface area contributed by atoms with Crippen LogP contribution >= 0.6 is 0 Å². The van der Waals surface area contributed by atoms with E-state index in [1.54, 1.807) is 42.5 Å². The number of fused-ring (bicyclic) bond motifs is 2. The van der Waals surface area contributed by atoms with E-state index in [1.807, 2.05) is 25.1 Å². The van der Waals surface area contributed by atoms with Crippen LogP contribution in [0.3, 0.4) is 0 Å². The molecule has 3 aromatic rings. The Morgan fingerprint density at radius 2 is 1.50 bits per heavy atom. The van der Waals surface area contributed by atoms with Gasteiger partial charge in [0, 0.05) is 27.9 Å². The Labute approximate surface area is 162 Å². The lowest BCUT2D eigenvalue weighted by Gasteiger charge is -2.18. The van der Waals surface area contributed by atoms with Gasteiger partial charge in [-0.3, -0.25) is 14.4 Å². The first-order valence-electron chi connectivity index (χ1n) is 8.85. The molecule has 0 fully saturated rings. The van der Waals surface area contributed by atoms with Gasteiger partial charge < -0.3 is 10.1 Å². The summed E-state index contributed by atoms with van der Waals surface area (Å²) in [5, 5.41) is 2.71. The van der Waals surface area contributed by atoms with Crippen LogP contribution in [0.1, 0.15) is 37.4 Å². The van der Waals surface area contributed by atoms with Gasteiger partial charge in [0.05, 0.1) is 0 Å². The third-order valence-corrected chi connectivity index (χ3v) is 4.57. The minimum atomic E-state index is -0.351. The maximum atomic E-state index is 12.7. The monoisotopic (exact) mass is 371 g/mol. The largest absolute Gasteiger partial charge is 0.484 e. The standard InChI is InChI=1S/C23H17NO4/c1-14-5-4-6-16(11-14)28-13-21(25)24-15-9-10-19-20(12-15)23(27)18-8-3-2-7-17(18)22(19)26/h2-12H,13H2,1H3,(H,24,25). The van der Waals surface area contributed by atoms with E-state index in [0.717, 1.165) is 5.56 Å². The van der Waals surface area contributed by atoms with E-state index in [4.69, 9.17) is 4.74 Å². The summed E-state index contributed by atoms with van der Waals surface area (Å²) in [5.74, 6) is -0.155. The molecule has 1 aliphatic carbocycles. The molecule has 0 radical (unpaired) electrons. The van der Waals surface area contributed by atoms with Gasteiger partial charge in [-0.25, -0.2) is 0 Å². The minimum absolute atomic E-state index is 0.156. The van der Waals surface area contributed by atoms with Crippen molar-refractivity contribution in [1.29, 1.82) is 0 Å². The van der Waals surface area contributed by atoms with Gasteiger partial charge in [-0.2, -0.15) is 0 Å². The molecule has 0 saturated carbocycles. The number of nitrogens with one attached hydrogen (secondary N) is 1. The predicted molar refractivity (Wildman–Crippen MR) is 105 cm³/mol. The Balaban J connectivity index is 1.50. The number of benzene rings is 3. The summed E-state index contributed by atoms with van der Waals surface area (Å²) >= 11 is 0. The van der Waals surface area contributed by atoms with Crippen molar-refractivity contribution in [3.63, 3.8) is 0 Å². The molecule has 3 aromatic carbocycles. The van der Waals surface area contributed by atoms with E-state index >= 15 is 0 Å². The molecule has 0 saturated heterocycles. The fourth-order valence-corrected chi connectivity index (χ4v) is 3.23. The highest BCUT2D eigenvalue weighted by Gasteiger charge is 2.29. The van der Waals surface area contributed by atoms with Gasteiger partial charge in [-0.15, -0.1) is 0 Å². The molecule has 0 atom stereocenters. The van der Waals surface area contributed by atoms with Crippen LogP contribution < -0.4 is 10.1 Å². The molecule has 5 heteroatoms. The van der Waals surface area contributed by atoms with Crippen LogP contribution in [-0.4, -0.2) is 24.1 Å². The zero-order valence-electron chi connectivity index (χ0n) is 15.2. The fraction of sp³-hybridized carbons (Fsp3) is 0.0870. The summed E-state index contributed by atoms with van der Waals surface area (Å²) < 4.78 is 5.49. The van der Waals surface area contributed by atoms with Gasteiger partial charge >= 0.3 is 0 Å². The lowest BCUT2D eigenvalue weighted by atomic mass is 9.84. The summed E-state index contributed by atoms with van der Waals surface area (Å²) in [7, 11) is 0. The van der Waals surface area contributed by atoms with Crippen molar-refractivity contribution in [2.75, 3.05) is 11.9 Å². The fourth-order valence-electron chi connectivity index (χ4n) is 3.23. The quantitative estimate of drug-likeness (QED) is 0.592. The Kier molecular flexibility index (Phi) is 4.49. The van der Waals surface area contributed by atoms with Crippen molar-refractivity contribution in [3.8, 4) is 5.75 Å². The molecule has 0 aliphatic heterocycles. The minimum Gasteiger partial charge on any atom is -0.484 e. The summed E-state index contributed by atoms with van der Waals surface area (Å²) in [6.45, 7) is 1.78. The van der Waals surface area contributed by atoms with Crippen molar-refractivity contribution < 1.29 is 19.1 Å². The number of rotatable bonds is 4. The Bertz CT molecular complexity index is 1120. The molecule has 0 spiro atoms. The second kappa shape index (κ2) is 7.12. The van der Waals surface area contributed by atoms with E-state index in [0.29, 0.717) is 33.7 Å². The van der Waals surface area contributed by atoms with Crippen LogP contribution in [0.25, 0.3) is 0 Å². The summed E-state index contributed by atoms with van der Waals surface area (Å²) in [5.41, 5.74) is 2.90. The van der Waals surface area contributed by atoms with E-state index in [2.05, 4.69) is 5.32 Å². The highest BCUT2D eigenvalue weighted by molar-refractivity contribution is 6.28. The highest BCUT2D eigenvalue weighted by Crippen LogP contribution is 2.29. The van der Waals surface area contributed by atoms with Gasteiger partial charge in [-0.1, -0.05) is 36.4 Å². The first-order chi connectivity index (χ1) is 13.5. The summed E-state index contributed by atoms with van der Waals surface area (Å²) in [6, 6.07) is 18.9. The van der Waals surface area contributed by atoms with E-state index in [9.17, 15) is 14.4 Å². The number of carbonyl (C=O) groups excluding carboxylic acids is 3. The van der Waals surface area contributed by atoms with Gasteiger partial charge in [0.1, 0.15) is 5.75 Å². The van der Waals surface area contributed by atoms with Crippen LogP contribution in [0, 0.1) is 6.92 Å². The maximum Gasteiger partial charge on any atom is 0.262 e. The van der Waals surface area contributed by atoms with Crippen LogP contribution in [0.2, 0.25) is 0 Å². The topological polar surface area (TPSA) is 72.5 Å². The van der Waals surface area contributed by atoms with Crippen molar-refractivity contribution in [2.24, 2.45) is 0 Å². The van der Waals surface area contributed by atoms with Crippen LogP contribution in [0.5, 0.6) is 5.75 Å². The number of anilines is 1. The Morgan fingerprint density at radius 1 is 0.821 bits per heavy atom. The van der Waals surface area contributed by atoms with Crippen molar-refractivity contribution in [2.45, 2.75) is 6.92 Å². The number of amides is 1. The van der Waals surface area contributed by atoms with Crippen LogP contribution in [0.4, 0.5) is 5.69 Å². The third kappa shape index (κ3) is 3.30. The first kappa shape index (κ1) is 17.7. The molecule has 5 nitrogen and oxygen atoms in total. The van der Waals surface area contributed by atoms with Crippen LogP contribution in [-0.2, 0) is 4.79 Å². The molecule has 28 heavy (non-hydrogen) atoms. The molecule has 138 valence electrons. The number of hydrogen-bond acceptors (Lipinski definition) is 4. The van der Waals surface area contributed by atoms with E-state index < -0.39 is 0 Å².